The number of unbranched alkanes of at least 4 members (excludes halogenated alkanes) is 13. The van der Waals surface area contributed by atoms with E-state index in [1.54, 1.807) is 0 Å². The van der Waals surface area contributed by atoms with Gasteiger partial charge in [-0.25, -0.2) is 4.57 Å². The van der Waals surface area contributed by atoms with E-state index in [9.17, 15) is 29.3 Å². The van der Waals surface area contributed by atoms with Gasteiger partial charge < -0.3 is 24.6 Å². The zero-order chi connectivity index (χ0) is 37.0. The van der Waals surface area contributed by atoms with Gasteiger partial charge in [-0.3, -0.25) is 18.6 Å². The summed E-state index contributed by atoms with van der Waals surface area (Å²) < 4.78 is 32.4. The third kappa shape index (κ3) is 33.1. The SMILES string of the molecule is CC/C=C\C/C=C\C/C=C\C/C=C\CCCCC(=O)OC(CO)COP(=O)(O)OCC(CO)OC(=O)CCCCCCCCCCCCCC. The van der Waals surface area contributed by atoms with Crippen molar-refractivity contribution in [1.29, 1.82) is 0 Å². The lowest BCUT2D eigenvalue weighted by Crippen LogP contribution is -2.28. The van der Waals surface area contributed by atoms with Gasteiger partial charge in [-0.05, 0) is 51.4 Å². The van der Waals surface area contributed by atoms with Crippen LogP contribution in [0.25, 0.3) is 0 Å². The molecular weight excluding hydrogens is 659 g/mol. The number of allylic oxidation sites excluding steroid dienone is 8. The summed E-state index contributed by atoms with van der Waals surface area (Å²) in [6, 6.07) is 0. The average Bonchev–Trinajstić information content (AvgIpc) is 3.10. The van der Waals surface area contributed by atoms with E-state index in [4.69, 9.17) is 18.5 Å². The lowest BCUT2D eigenvalue weighted by atomic mass is 10.0. The van der Waals surface area contributed by atoms with Gasteiger partial charge in [0.15, 0.2) is 0 Å². The fourth-order valence-electron chi connectivity index (χ4n) is 4.87. The minimum Gasteiger partial charge on any atom is -0.457 e. The van der Waals surface area contributed by atoms with E-state index in [1.807, 2.05) is 0 Å². The highest BCUT2D eigenvalue weighted by Gasteiger charge is 2.27. The van der Waals surface area contributed by atoms with Crippen molar-refractivity contribution in [1.82, 2.24) is 0 Å². The van der Waals surface area contributed by atoms with Gasteiger partial charge in [0.25, 0.3) is 0 Å². The third-order valence-corrected chi connectivity index (χ3v) is 8.76. The average molecular weight is 729 g/mol. The van der Waals surface area contributed by atoms with Crippen molar-refractivity contribution in [2.75, 3.05) is 26.4 Å². The molecule has 0 aromatic rings. The summed E-state index contributed by atoms with van der Waals surface area (Å²) in [6.07, 6.45) is 35.2. The first-order valence-electron chi connectivity index (χ1n) is 19.1. The minimum atomic E-state index is -4.64. The number of hydrogen-bond acceptors (Lipinski definition) is 9. The Hall–Kier alpha value is -2.07. The number of phosphoric acid groups is 1. The maximum absolute atomic E-state index is 12.3. The van der Waals surface area contributed by atoms with E-state index in [0.29, 0.717) is 12.8 Å². The Kier molecular flexibility index (Phi) is 33.9. The molecule has 10 nitrogen and oxygen atoms in total. The van der Waals surface area contributed by atoms with Crippen LogP contribution in [0.1, 0.15) is 149 Å². The topological polar surface area (TPSA) is 149 Å². The number of phosphoric ester groups is 1. The summed E-state index contributed by atoms with van der Waals surface area (Å²) in [4.78, 5) is 34.3. The van der Waals surface area contributed by atoms with Gasteiger partial charge in [0, 0.05) is 12.8 Å². The van der Waals surface area contributed by atoms with Crippen LogP contribution >= 0.6 is 7.82 Å². The summed E-state index contributed by atoms with van der Waals surface area (Å²) in [6.45, 7) is 2.02. The van der Waals surface area contributed by atoms with Crippen LogP contribution < -0.4 is 0 Å². The Morgan fingerprint density at radius 1 is 0.560 bits per heavy atom. The summed E-state index contributed by atoms with van der Waals surface area (Å²) >= 11 is 0. The lowest BCUT2D eigenvalue weighted by molar-refractivity contribution is -0.153. The molecular formula is C39H69O10P. The van der Waals surface area contributed by atoms with Crippen LogP contribution in [0.4, 0.5) is 0 Å². The second kappa shape index (κ2) is 35.3. The zero-order valence-electron chi connectivity index (χ0n) is 31.1. The maximum Gasteiger partial charge on any atom is 0.472 e. The van der Waals surface area contributed by atoms with Gasteiger partial charge in [-0.2, -0.15) is 0 Å². The first-order valence-corrected chi connectivity index (χ1v) is 20.6. The Balaban J connectivity index is 4.05. The second-order valence-electron chi connectivity index (χ2n) is 12.5. The van der Waals surface area contributed by atoms with Crippen LogP contribution in [-0.2, 0) is 32.7 Å². The molecule has 0 bridgehead atoms. The molecule has 0 aliphatic heterocycles. The first kappa shape index (κ1) is 47.9. The number of carbonyl (C=O) groups is 2. The molecule has 290 valence electrons. The highest BCUT2D eigenvalue weighted by Crippen LogP contribution is 2.43. The second-order valence-corrected chi connectivity index (χ2v) is 14.0. The Morgan fingerprint density at radius 2 is 0.940 bits per heavy atom. The normalized spacial score (nSPS) is 14.6. The predicted molar refractivity (Wildman–Crippen MR) is 201 cm³/mol. The van der Waals surface area contributed by atoms with Gasteiger partial charge in [0.05, 0.1) is 26.4 Å². The number of carbonyl (C=O) groups excluding carboxylic acids is 2. The molecule has 0 aliphatic carbocycles. The fraction of sp³-hybridized carbons (Fsp3) is 0.744. The van der Waals surface area contributed by atoms with Crippen LogP contribution in [0.15, 0.2) is 48.6 Å². The summed E-state index contributed by atoms with van der Waals surface area (Å²) in [5.74, 6) is -1.06. The number of aliphatic hydroxyl groups excluding tert-OH is 2. The van der Waals surface area contributed by atoms with Gasteiger partial charge in [0.1, 0.15) is 12.2 Å². The molecule has 0 fully saturated rings. The van der Waals surface area contributed by atoms with Crippen LogP contribution in [0, 0.1) is 0 Å². The number of ether oxygens (including phenoxy) is 2. The molecule has 0 saturated heterocycles. The van der Waals surface area contributed by atoms with E-state index in [0.717, 1.165) is 57.8 Å². The van der Waals surface area contributed by atoms with Crippen LogP contribution in [0.3, 0.4) is 0 Å². The highest BCUT2D eigenvalue weighted by atomic mass is 31.2. The van der Waals surface area contributed by atoms with Crippen LogP contribution in [0.5, 0.6) is 0 Å². The Morgan fingerprint density at radius 3 is 1.36 bits per heavy atom. The highest BCUT2D eigenvalue weighted by molar-refractivity contribution is 7.47. The minimum absolute atomic E-state index is 0.139. The van der Waals surface area contributed by atoms with Crippen molar-refractivity contribution >= 4 is 19.8 Å². The van der Waals surface area contributed by atoms with E-state index in [2.05, 4.69) is 62.5 Å². The maximum atomic E-state index is 12.3. The van der Waals surface area contributed by atoms with Crippen molar-refractivity contribution in [3.63, 3.8) is 0 Å². The van der Waals surface area contributed by atoms with E-state index in [1.165, 1.54) is 51.4 Å². The van der Waals surface area contributed by atoms with Crippen molar-refractivity contribution in [3.05, 3.63) is 48.6 Å². The summed E-state index contributed by atoms with van der Waals surface area (Å²) in [5, 5.41) is 19.1. The monoisotopic (exact) mass is 728 g/mol. The van der Waals surface area contributed by atoms with E-state index >= 15 is 0 Å². The number of rotatable bonds is 35. The van der Waals surface area contributed by atoms with Crippen molar-refractivity contribution in [2.24, 2.45) is 0 Å². The Labute approximate surface area is 303 Å². The van der Waals surface area contributed by atoms with Gasteiger partial charge >= 0.3 is 19.8 Å². The van der Waals surface area contributed by atoms with Gasteiger partial charge in [0.2, 0.25) is 0 Å². The molecule has 0 aromatic heterocycles. The van der Waals surface area contributed by atoms with Crippen molar-refractivity contribution in [3.8, 4) is 0 Å². The van der Waals surface area contributed by atoms with Crippen molar-refractivity contribution in [2.45, 2.75) is 161 Å². The largest absolute Gasteiger partial charge is 0.472 e. The van der Waals surface area contributed by atoms with E-state index in [-0.39, 0.29) is 12.8 Å². The molecule has 3 atom stereocenters. The van der Waals surface area contributed by atoms with Crippen molar-refractivity contribution < 1.29 is 47.8 Å². The molecule has 50 heavy (non-hydrogen) atoms. The fourth-order valence-corrected chi connectivity index (χ4v) is 5.65. The molecule has 0 spiro atoms. The lowest BCUT2D eigenvalue weighted by Gasteiger charge is -2.20. The number of esters is 2. The summed E-state index contributed by atoms with van der Waals surface area (Å²) in [5.41, 5.74) is 0. The molecule has 11 heteroatoms. The molecule has 0 saturated carbocycles. The molecule has 0 aliphatic rings. The Bertz CT molecular complexity index is 978. The summed E-state index contributed by atoms with van der Waals surface area (Å²) in [7, 11) is -4.64. The molecule has 3 N–H and O–H groups in total. The molecule has 0 rings (SSSR count). The predicted octanol–water partition coefficient (Wildman–Crippen LogP) is 9.38. The first-order chi connectivity index (χ1) is 24.3. The van der Waals surface area contributed by atoms with E-state index < -0.39 is 58.4 Å². The van der Waals surface area contributed by atoms with Crippen LogP contribution in [-0.4, -0.2) is 65.7 Å². The molecule has 0 heterocycles. The number of aliphatic hydroxyl groups is 2. The molecule has 0 aromatic carbocycles. The third-order valence-electron chi connectivity index (χ3n) is 7.81. The van der Waals surface area contributed by atoms with Gasteiger partial charge in [-0.1, -0.05) is 133 Å². The van der Waals surface area contributed by atoms with Crippen LogP contribution in [0.2, 0.25) is 0 Å². The quantitative estimate of drug-likeness (QED) is 0.0249. The molecule has 0 amide bonds. The standard InChI is InChI=1S/C39H69O10P/c1-3-5-7-9-11-13-15-17-18-19-21-23-25-27-29-31-39(43)49-37(33-41)35-47-50(44,45)46-34-36(32-40)48-38(42)30-28-26-24-22-20-16-14-12-10-8-6-4-2/h5,7,11,13,17-18,21,23,36-37,40-41H,3-4,6,8-10,12,14-16,19-20,22,24-35H2,1-2H3,(H,44,45)/b7-5-,13-11-,18-17-,23-21-. The molecule has 0 radical (unpaired) electrons. The molecule has 3 unspecified atom stereocenters. The smallest absolute Gasteiger partial charge is 0.457 e. The number of hydrogen-bond donors (Lipinski definition) is 3. The van der Waals surface area contributed by atoms with Gasteiger partial charge in [-0.15, -0.1) is 0 Å². The zero-order valence-corrected chi connectivity index (χ0v) is 32.0.